The van der Waals surface area contributed by atoms with Crippen molar-refractivity contribution in [1.29, 1.82) is 0 Å². The SMILES string of the molecule is Cc1cccc(C(=O)O)c1NC(=O)C(F)(F)C(F)F. The van der Waals surface area contributed by atoms with Crippen LogP contribution in [0.4, 0.5) is 23.2 Å². The summed E-state index contributed by atoms with van der Waals surface area (Å²) in [6, 6.07) is 3.74. The van der Waals surface area contributed by atoms with Gasteiger partial charge in [0.05, 0.1) is 11.3 Å². The summed E-state index contributed by atoms with van der Waals surface area (Å²) in [5.74, 6) is -8.61. The highest BCUT2D eigenvalue weighted by Gasteiger charge is 2.49. The maximum absolute atomic E-state index is 12.8. The van der Waals surface area contributed by atoms with E-state index >= 15 is 0 Å². The zero-order chi connectivity index (χ0) is 14.8. The molecule has 2 N–H and O–H groups in total. The van der Waals surface area contributed by atoms with Crippen LogP contribution in [-0.4, -0.2) is 29.3 Å². The molecule has 0 aliphatic rings. The Morgan fingerprint density at radius 1 is 1.32 bits per heavy atom. The Kier molecular flexibility index (Phi) is 4.13. The van der Waals surface area contributed by atoms with Gasteiger partial charge in [-0.2, -0.15) is 8.78 Å². The Hall–Kier alpha value is -2.12. The number of rotatable bonds is 4. The molecule has 0 atom stereocenters. The van der Waals surface area contributed by atoms with Crippen LogP contribution in [0.1, 0.15) is 15.9 Å². The standard InChI is InChI=1S/C11H9F4NO3/c1-5-3-2-4-6(8(17)18)7(5)16-10(19)11(14,15)9(12)13/h2-4,9H,1H3,(H,16,19)(H,17,18). The van der Waals surface area contributed by atoms with Crippen LogP contribution in [0.3, 0.4) is 0 Å². The second kappa shape index (κ2) is 5.25. The van der Waals surface area contributed by atoms with E-state index in [9.17, 15) is 27.2 Å². The normalized spacial score (nSPS) is 11.5. The van der Waals surface area contributed by atoms with Gasteiger partial charge in [0.25, 0.3) is 0 Å². The van der Waals surface area contributed by atoms with Crippen LogP contribution in [-0.2, 0) is 4.79 Å². The lowest BCUT2D eigenvalue weighted by Crippen LogP contribution is -2.41. The third-order valence-corrected chi connectivity index (χ3v) is 2.32. The molecule has 104 valence electrons. The fraction of sp³-hybridized carbons (Fsp3) is 0.273. The minimum atomic E-state index is -4.89. The Labute approximate surface area is 105 Å². The van der Waals surface area contributed by atoms with Gasteiger partial charge in [0.15, 0.2) is 0 Å². The van der Waals surface area contributed by atoms with E-state index < -0.39 is 35.5 Å². The van der Waals surface area contributed by atoms with E-state index in [1.165, 1.54) is 24.4 Å². The average molecular weight is 279 g/mol. The van der Waals surface area contributed by atoms with E-state index in [-0.39, 0.29) is 5.56 Å². The summed E-state index contributed by atoms with van der Waals surface area (Å²) in [4.78, 5) is 21.9. The van der Waals surface area contributed by atoms with E-state index in [1.54, 1.807) is 0 Å². The summed E-state index contributed by atoms with van der Waals surface area (Å²) < 4.78 is 49.6. The molecular formula is C11H9F4NO3. The molecule has 8 heteroatoms. The number of para-hydroxylation sites is 1. The number of carbonyl (C=O) groups excluding carboxylic acids is 1. The molecule has 1 aromatic carbocycles. The highest BCUT2D eigenvalue weighted by Crippen LogP contribution is 2.27. The Morgan fingerprint density at radius 2 is 1.89 bits per heavy atom. The van der Waals surface area contributed by atoms with Crippen molar-refractivity contribution < 1.29 is 32.3 Å². The van der Waals surface area contributed by atoms with Crippen LogP contribution in [0, 0.1) is 6.92 Å². The smallest absolute Gasteiger partial charge is 0.383 e. The number of anilines is 1. The van der Waals surface area contributed by atoms with Crippen molar-refractivity contribution >= 4 is 17.6 Å². The van der Waals surface area contributed by atoms with Crippen LogP contribution < -0.4 is 5.32 Å². The van der Waals surface area contributed by atoms with Crippen LogP contribution in [0.2, 0.25) is 0 Å². The summed E-state index contributed by atoms with van der Waals surface area (Å²) in [6.45, 7) is 1.35. The molecule has 0 radical (unpaired) electrons. The Morgan fingerprint density at radius 3 is 2.37 bits per heavy atom. The molecule has 19 heavy (non-hydrogen) atoms. The lowest BCUT2D eigenvalue weighted by molar-refractivity contribution is -0.163. The van der Waals surface area contributed by atoms with E-state index in [4.69, 9.17) is 5.11 Å². The molecule has 0 unspecified atom stereocenters. The molecule has 0 aliphatic heterocycles. The van der Waals surface area contributed by atoms with Gasteiger partial charge in [0, 0.05) is 0 Å². The first kappa shape index (κ1) is 14.9. The lowest BCUT2D eigenvalue weighted by atomic mass is 10.1. The number of amides is 1. The number of benzene rings is 1. The first-order chi connectivity index (χ1) is 8.67. The maximum Gasteiger partial charge on any atom is 0.383 e. The third kappa shape index (κ3) is 3.01. The first-order valence-electron chi connectivity index (χ1n) is 4.98. The molecule has 1 rings (SSSR count). The molecule has 1 amide bonds. The van der Waals surface area contributed by atoms with Crippen molar-refractivity contribution in [3.05, 3.63) is 29.3 Å². The number of carboxylic acids is 1. The summed E-state index contributed by atoms with van der Waals surface area (Å²) >= 11 is 0. The minimum Gasteiger partial charge on any atom is -0.478 e. The van der Waals surface area contributed by atoms with Crippen LogP contribution in [0.25, 0.3) is 0 Å². The van der Waals surface area contributed by atoms with Crippen molar-refractivity contribution in [3.63, 3.8) is 0 Å². The molecule has 0 bridgehead atoms. The number of halogens is 4. The van der Waals surface area contributed by atoms with Gasteiger partial charge in [-0.05, 0) is 18.6 Å². The second-order valence-corrected chi connectivity index (χ2v) is 3.68. The van der Waals surface area contributed by atoms with Crippen LogP contribution in [0.15, 0.2) is 18.2 Å². The highest BCUT2D eigenvalue weighted by molar-refractivity contribution is 6.03. The Balaban J connectivity index is 3.13. The highest BCUT2D eigenvalue weighted by atomic mass is 19.3. The third-order valence-electron chi connectivity index (χ3n) is 2.32. The molecule has 0 heterocycles. The second-order valence-electron chi connectivity index (χ2n) is 3.68. The molecule has 0 saturated heterocycles. The van der Waals surface area contributed by atoms with Gasteiger partial charge < -0.3 is 10.4 Å². The predicted molar refractivity (Wildman–Crippen MR) is 57.7 cm³/mol. The first-order valence-corrected chi connectivity index (χ1v) is 4.98. The van der Waals surface area contributed by atoms with E-state index in [0.717, 1.165) is 6.07 Å². The zero-order valence-electron chi connectivity index (χ0n) is 9.58. The number of hydrogen-bond acceptors (Lipinski definition) is 2. The van der Waals surface area contributed by atoms with Crippen molar-refractivity contribution in [2.75, 3.05) is 5.32 Å². The molecule has 0 fully saturated rings. The fourth-order valence-corrected chi connectivity index (χ4v) is 1.31. The lowest BCUT2D eigenvalue weighted by Gasteiger charge is -2.17. The van der Waals surface area contributed by atoms with E-state index in [2.05, 4.69) is 0 Å². The largest absolute Gasteiger partial charge is 0.478 e. The van der Waals surface area contributed by atoms with Crippen LogP contribution in [0.5, 0.6) is 0 Å². The van der Waals surface area contributed by atoms with Crippen molar-refractivity contribution in [3.8, 4) is 0 Å². The minimum absolute atomic E-state index is 0.165. The van der Waals surface area contributed by atoms with Gasteiger partial charge in [-0.15, -0.1) is 0 Å². The average Bonchev–Trinajstić information content (AvgIpc) is 2.30. The van der Waals surface area contributed by atoms with Gasteiger partial charge in [0.1, 0.15) is 0 Å². The summed E-state index contributed by atoms with van der Waals surface area (Å²) in [5, 5.41) is 10.4. The topological polar surface area (TPSA) is 66.4 Å². The van der Waals surface area contributed by atoms with Crippen molar-refractivity contribution in [2.45, 2.75) is 19.3 Å². The molecule has 0 aliphatic carbocycles. The number of aryl methyl sites for hydroxylation is 1. The molecular weight excluding hydrogens is 270 g/mol. The van der Waals surface area contributed by atoms with Crippen LogP contribution >= 0.6 is 0 Å². The maximum atomic E-state index is 12.8. The predicted octanol–water partition coefficient (Wildman–Crippen LogP) is 2.53. The summed E-state index contributed by atoms with van der Waals surface area (Å²) in [5.41, 5.74) is -0.725. The molecule has 4 nitrogen and oxygen atoms in total. The summed E-state index contributed by atoms with van der Waals surface area (Å²) in [7, 11) is 0. The molecule has 0 spiro atoms. The number of carbonyl (C=O) groups is 2. The van der Waals surface area contributed by atoms with E-state index in [0.29, 0.717) is 0 Å². The van der Waals surface area contributed by atoms with Gasteiger partial charge in [-0.3, -0.25) is 4.79 Å². The van der Waals surface area contributed by atoms with Gasteiger partial charge in [-0.25, -0.2) is 13.6 Å². The number of carboxylic acid groups (broad SMARTS) is 1. The van der Waals surface area contributed by atoms with Gasteiger partial charge in [-0.1, -0.05) is 12.1 Å². The van der Waals surface area contributed by atoms with E-state index in [1.807, 2.05) is 0 Å². The fourth-order valence-electron chi connectivity index (χ4n) is 1.31. The zero-order valence-corrected chi connectivity index (χ0v) is 9.58. The van der Waals surface area contributed by atoms with Crippen molar-refractivity contribution in [2.24, 2.45) is 0 Å². The molecule has 0 aromatic heterocycles. The number of alkyl halides is 4. The number of hydrogen-bond donors (Lipinski definition) is 2. The number of nitrogens with one attached hydrogen (secondary N) is 1. The number of aromatic carboxylic acids is 1. The monoisotopic (exact) mass is 279 g/mol. The van der Waals surface area contributed by atoms with Gasteiger partial charge in [0.2, 0.25) is 0 Å². The van der Waals surface area contributed by atoms with Crippen molar-refractivity contribution in [1.82, 2.24) is 0 Å². The molecule has 1 aromatic rings. The quantitative estimate of drug-likeness (QED) is 0.832. The van der Waals surface area contributed by atoms with Gasteiger partial charge >= 0.3 is 24.2 Å². The summed E-state index contributed by atoms with van der Waals surface area (Å²) in [6.07, 6.45) is -4.18. The Bertz CT molecular complexity index is 517. The molecule has 0 saturated carbocycles.